The van der Waals surface area contributed by atoms with Crippen LogP contribution in [0.4, 0.5) is 26.3 Å². The van der Waals surface area contributed by atoms with Crippen molar-refractivity contribution in [1.29, 1.82) is 0 Å². The van der Waals surface area contributed by atoms with Crippen LogP contribution >= 0.6 is 11.3 Å². The number of fused-ring (bicyclic) bond motifs is 1. The number of esters is 1. The van der Waals surface area contributed by atoms with Crippen LogP contribution in [0, 0.1) is 6.92 Å². The zero-order valence-corrected chi connectivity index (χ0v) is 23.4. The second-order valence-corrected chi connectivity index (χ2v) is 11.1. The van der Waals surface area contributed by atoms with Gasteiger partial charge in [0, 0.05) is 45.9 Å². The van der Waals surface area contributed by atoms with Crippen LogP contribution in [0.3, 0.4) is 0 Å². The van der Waals surface area contributed by atoms with E-state index in [9.17, 15) is 45.5 Å². The van der Waals surface area contributed by atoms with Crippen molar-refractivity contribution in [2.45, 2.75) is 70.6 Å². The topological polar surface area (TPSA) is 90.6 Å². The molecule has 3 aromatic rings. The molecule has 8 nitrogen and oxygen atoms in total. The lowest BCUT2D eigenvalue weighted by Crippen LogP contribution is -2.43. The van der Waals surface area contributed by atoms with E-state index in [1.807, 2.05) is 0 Å². The minimum atomic E-state index is -4.89. The number of ether oxygens (including phenoxy) is 1. The predicted molar refractivity (Wildman–Crippen MR) is 142 cm³/mol. The molecular formula is C27H27F6N3O5S. The van der Waals surface area contributed by atoms with E-state index in [4.69, 9.17) is 4.74 Å². The molecule has 4 rings (SSSR count). The zero-order valence-electron chi connectivity index (χ0n) is 22.6. The number of carbonyl (C=O) groups excluding carboxylic acids is 2. The van der Waals surface area contributed by atoms with Gasteiger partial charge in [-0.3, -0.25) is 23.5 Å². The van der Waals surface area contributed by atoms with Crippen molar-refractivity contribution < 1.29 is 40.7 Å². The van der Waals surface area contributed by atoms with E-state index in [1.54, 1.807) is 0 Å². The fourth-order valence-corrected chi connectivity index (χ4v) is 6.30. The van der Waals surface area contributed by atoms with E-state index >= 15 is 0 Å². The summed E-state index contributed by atoms with van der Waals surface area (Å²) in [6.45, 7) is 0.915. The molecule has 1 aliphatic heterocycles. The number of likely N-dealkylation sites (tertiary alicyclic amines) is 1. The number of hydrogen-bond donors (Lipinski definition) is 0. The monoisotopic (exact) mass is 619 g/mol. The summed E-state index contributed by atoms with van der Waals surface area (Å²) in [6.07, 6.45) is -10.8. The number of amides is 1. The van der Waals surface area contributed by atoms with E-state index < -0.39 is 60.9 Å². The number of aromatic nitrogens is 2. The average molecular weight is 620 g/mol. The van der Waals surface area contributed by atoms with Crippen LogP contribution in [-0.4, -0.2) is 57.5 Å². The highest BCUT2D eigenvalue weighted by atomic mass is 32.1. The van der Waals surface area contributed by atoms with Gasteiger partial charge in [-0.1, -0.05) is 30.3 Å². The van der Waals surface area contributed by atoms with Crippen molar-refractivity contribution in [1.82, 2.24) is 14.0 Å². The molecule has 0 N–H and O–H groups in total. The molecule has 42 heavy (non-hydrogen) atoms. The first kappa shape index (κ1) is 31.3. The van der Waals surface area contributed by atoms with Crippen molar-refractivity contribution in [3.63, 3.8) is 0 Å². The Bertz CT molecular complexity index is 1580. The van der Waals surface area contributed by atoms with Crippen molar-refractivity contribution in [2.75, 3.05) is 13.1 Å². The highest BCUT2D eigenvalue weighted by Gasteiger charge is 2.42. The molecule has 0 radical (unpaired) electrons. The Morgan fingerprint density at radius 2 is 1.64 bits per heavy atom. The molecule has 1 fully saturated rings. The fraction of sp³-hybridized carbons (Fsp3) is 0.481. The third-order valence-corrected chi connectivity index (χ3v) is 8.43. The molecule has 0 bridgehead atoms. The van der Waals surface area contributed by atoms with Crippen LogP contribution in [0.5, 0.6) is 0 Å². The van der Waals surface area contributed by atoms with Crippen molar-refractivity contribution in [2.24, 2.45) is 0 Å². The van der Waals surface area contributed by atoms with Crippen LogP contribution in [-0.2, 0) is 22.6 Å². The number of benzene rings is 1. The minimum Gasteiger partial charge on any atom is -0.462 e. The number of carbonyl (C=O) groups is 2. The molecule has 0 spiro atoms. The molecule has 1 aliphatic rings. The van der Waals surface area contributed by atoms with Gasteiger partial charge in [-0.2, -0.15) is 26.3 Å². The number of halogens is 6. The first-order valence-corrected chi connectivity index (χ1v) is 13.8. The summed E-state index contributed by atoms with van der Waals surface area (Å²) in [6, 6.07) is 6.57. The Balaban J connectivity index is 1.81. The average Bonchev–Trinajstić information content (AvgIpc) is 3.24. The lowest BCUT2D eigenvalue weighted by Gasteiger charge is -2.31. The second kappa shape index (κ2) is 11.9. The molecule has 0 saturated carbocycles. The summed E-state index contributed by atoms with van der Waals surface area (Å²) >= 11 is 0.656. The summed E-state index contributed by atoms with van der Waals surface area (Å²) in [4.78, 5) is 52.8. The largest absolute Gasteiger partial charge is 0.462 e. The Hall–Kier alpha value is -3.62. The van der Waals surface area contributed by atoms with Gasteiger partial charge in [-0.25, -0.2) is 4.79 Å². The van der Waals surface area contributed by atoms with E-state index in [2.05, 4.69) is 0 Å². The Morgan fingerprint density at radius 1 is 1.02 bits per heavy atom. The lowest BCUT2D eigenvalue weighted by molar-refractivity contribution is -0.153. The molecule has 1 atom stereocenters. The van der Waals surface area contributed by atoms with Crippen LogP contribution in [0.15, 0.2) is 39.9 Å². The van der Waals surface area contributed by atoms with Crippen molar-refractivity contribution >= 4 is 33.4 Å². The Kier molecular flexibility index (Phi) is 8.90. The van der Waals surface area contributed by atoms with Crippen LogP contribution in [0.25, 0.3) is 10.2 Å². The molecule has 0 aliphatic carbocycles. The number of piperidine rings is 1. The van der Waals surface area contributed by atoms with Crippen LogP contribution in [0.2, 0.25) is 0 Å². The molecule has 1 saturated heterocycles. The van der Waals surface area contributed by atoms with E-state index in [1.165, 1.54) is 49.1 Å². The van der Waals surface area contributed by atoms with Crippen molar-refractivity contribution in [3.8, 4) is 0 Å². The zero-order chi connectivity index (χ0) is 31.0. The number of aryl methyl sites for hydroxylation is 2. The van der Waals surface area contributed by atoms with E-state index in [0.29, 0.717) is 33.3 Å². The minimum absolute atomic E-state index is 0.0126. The maximum absolute atomic E-state index is 14.1. The summed E-state index contributed by atoms with van der Waals surface area (Å²) in [5.74, 6) is -3.31. The van der Waals surface area contributed by atoms with E-state index in [-0.39, 0.29) is 45.4 Å². The molecule has 3 heterocycles. The van der Waals surface area contributed by atoms with Gasteiger partial charge in [-0.05, 0) is 18.1 Å². The number of rotatable bonds is 7. The molecular weight excluding hydrogens is 592 g/mol. The molecule has 1 unspecified atom stereocenters. The van der Waals surface area contributed by atoms with Gasteiger partial charge in [0.25, 0.3) is 11.5 Å². The summed E-state index contributed by atoms with van der Waals surface area (Å²) in [5, 5.41) is -0.283. The Morgan fingerprint density at radius 3 is 2.19 bits per heavy atom. The molecule has 228 valence electrons. The molecule has 15 heteroatoms. The first-order valence-electron chi connectivity index (χ1n) is 13.0. The molecule has 1 amide bonds. The van der Waals surface area contributed by atoms with Crippen LogP contribution < -0.4 is 11.2 Å². The number of nitrogens with zero attached hydrogens (tertiary/aromatic N) is 3. The highest BCUT2D eigenvalue weighted by molar-refractivity contribution is 7.20. The number of hydrogen-bond acceptors (Lipinski definition) is 6. The third-order valence-electron chi connectivity index (χ3n) is 7.13. The van der Waals surface area contributed by atoms with Gasteiger partial charge < -0.3 is 9.64 Å². The SMILES string of the molecule is CC(=O)OC1CCN(C(=O)c2sc3c(c2C)c(=O)n(CC(c2ccccc2)C(F)(F)F)c(=O)n3CCC(F)(F)F)CC1. The van der Waals surface area contributed by atoms with E-state index in [0.717, 1.165) is 0 Å². The maximum atomic E-state index is 14.1. The first-order chi connectivity index (χ1) is 19.6. The van der Waals surface area contributed by atoms with Gasteiger partial charge in [-0.15, -0.1) is 11.3 Å². The summed E-state index contributed by atoms with van der Waals surface area (Å²) < 4.78 is 88.0. The maximum Gasteiger partial charge on any atom is 0.397 e. The second-order valence-electron chi connectivity index (χ2n) is 10.1. The standard InChI is InChI=1S/C27H27F6N3O5S/c1-15-20-22(38)36(14-19(27(31,32)33)17-6-4-3-5-7-17)25(40)35(13-10-26(28,29)30)24(20)42-21(15)23(39)34-11-8-18(9-12-34)41-16(2)37/h3-7,18-19H,8-14H2,1-2H3. The van der Waals surface area contributed by atoms with Crippen molar-refractivity contribution in [3.05, 3.63) is 67.2 Å². The van der Waals surface area contributed by atoms with Gasteiger partial charge in [0.1, 0.15) is 10.9 Å². The van der Waals surface area contributed by atoms with Gasteiger partial charge in [0.2, 0.25) is 0 Å². The highest BCUT2D eigenvalue weighted by Crippen LogP contribution is 2.36. The summed E-state index contributed by atoms with van der Waals surface area (Å²) in [5.41, 5.74) is -2.62. The smallest absolute Gasteiger partial charge is 0.397 e. The van der Waals surface area contributed by atoms with Gasteiger partial charge in [0.05, 0.1) is 22.6 Å². The quantitative estimate of drug-likeness (QED) is 0.274. The lowest BCUT2D eigenvalue weighted by atomic mass is 9.98. The molecule has 2 aromatic heterocycles. The summed E-state index contributed by atoms with van der Waals surface area (Å²) in [7, 11) is 0. The molecule has 1 aromatic carbocycles. The predicted octanol–water partition coefficient (Wildman–Crippen LogP) is 5.00. The van der Waals surface area contributed by atoms with Gasteiger partial charge >= 0.3 is 24.0 Å². The van der Waals surface area contributed by atoms with Crippen LogP contribution in [0.1, 0.15) is 52.9 Å². The normalized spacial score (nSPS) is 15.7. The third kappa shape index (κ3) is 6.71. The van der Waals surface area contributed by atoms with Gasteiger partial charge in [0.15, 0.2) is 0 Å². The Labute approximate surface area is 239 Å². The fourth-order valence-electron chi connectivity index (χ4n) is 5.02. The number of thiophene rings is 1. The number of alkyl halides is 6.